The van der Waals surface area contributed by atoms with Crippen LogP contribution in [0.4, 0.5) is 0 Å². The van der Waals surface area contributed by atoms with Crippen LogP contribution in [0.1, 0.15) is 43.6 Å². The third-order valence-corrected chi connectivity index (χ3v) is 7.63. The third-order valence-electron chi connectivity index (χ3n) is 6.53. The van der Waals surface area contributed by atoms with Crippen LogP contribution >= 0.6 is 11.3 Å². The van der Waals surface area contributed by atoms with E-state index in [9.17, 15) is 0 Å². The quantitative estimate of drug-likeness (QED) is 0.607. The van der Waals surface area contributed by atoms with Crippen LogP contribution in [-0.2, 0) is 13.1 Å². The molecule has 6 rings (SSSR count). The lowest BCUT2D eigenvalue weighted by Crippen LogP contribution is -2.45. The van der Waals surface area contributed by atoms with Gasteiger partial charge in [-0.15, -0.1) is 16.5 Å². The first-order valence-electron chi connectivity index (χ1n) is 11.4. The molecule has 1 spiro atoms. The first kappa shape index (κ1) is 21.1. The Morgan fingerprint density at radius 3 is 3.06 bits per heavy atom. The van der Waals surface area contributed by atoms with Crippen LogP contribution in [0, 0.1) is 5.92 Å². The molecule has 3 aromatic rings. The van der Waals surface area contributed by atoms with Gasteiger partial charge in [-0.25, -0.2) is 0 Å². The highest BCUT2D eigenvalue weighted by atomic mass is 32.1. The molecule has 3 atom stereocenters. The summed E-state index contributed by atoms with van der Waals surface area (Å²) in [5.74, 6) is 0.581. The van der Waals surface area contributed by atoms with Gasteiger partial charge in [0.1, 0.15) is 5.54 Å². The van der Waals surface area contributed by atoms with Gasteiger partial charge in [-0.05, 0) is 42.9 Å². The lowest BCUT2D eigenvalue weighted by Gasteiger charge is -2.28. The SMILES string of the molecule is CC.OCCn1cc(/C2=C/NC3N=NN(Cc4cc5cnccc5s4)C34CC4CC2)cn1. The minimum atomic E-state index is -0.0127. The maximum absolute atomic E-state index is 9.12. The fraction of sp³-hybridized carbons (Fsp3) is 0.478. The number of aromatic nitrogens is 3. The van der Waals surface area contributed by atoms with Gasteiger partial charge in [0.25, 0.3) is 0 Å². The van der Waals surface area contributed by atoms with E-state index in [0.29, 0.717) is 12.5 Å². The number of nitrogens with zero attached hydrogens (tertiary/aromatic N) is 6. The van der Waals surface area contributed by atoms with Crippen molar-refractivity contribution < 1.29 is 5.11 Å². The van der Waals surface area contributed by atoms with E-state index in [2.05, 4.69) is 49.1 Å². The molecule has 1 aliphatic carbocycles. The van der Waals surface area contributed by atoms with E-state index < -0.39 is 0 Å². The van der Waals surface area contributed by atoms with E-state index >= 15 is 0 Å². The van der Waals surface area contributed by atoms with Crippen molar-refractivity contribution in [3.05, 3.63) is 53.6 Å². The third kappa shape index (κ3) is 3.59. The van der Waals surface area contributed by atoms with Crippen molar-refractivity contribution in [3.63, 3.8) is 0 Å². The van der Waals surface area contributed by atoms with Crippen LogP contribution in [0.3, 0.4) is 0 Å². The maximum Gasteiger partial charge on any atom is 0.166 e. The number of hydrogen-bond donors (Lipinski definition) is 2. The van der Waals surface area contributed by atoms with E-state index in [1.54, 1.807) is 4.68 Å². The predicted octanol–water partition coefficient (Wildman–Crippen LogP) is 4.20. The second kappa shape index (κ2) is 8.63. The van der Waals surface area contributed by atoms with Gasteiger partial charge in [0.2, 0.25) is 0 Å². The summed E-state index contributed by atoms with van der Waals surface area (Å²) in [5, 5.41) is 29.6. The smallest absolute Gasteiger partial charge is 0.166 e. The number of aliphatic hydroxyl groups excluding tert-OH is 1. The first-order chi connectivity index (χ1) is 15.8. The summed E-state index contributed by atoms with van der Waals surface area (Å²) in [6, 6.07) is 4.30. The summed E-state index contributed by atoms with van der Waals surface area (Å²) in [5.41, 5.74) is 2.34. The average Bonchev–Trinajstić information content (AvgIpc) is 3.12. The van der Waals surface area contributed by atoms with Gasteiger partial charge in [-0.1, -0.05) is 19.1 Å². The fourth-order valence-electron chi connectivity index (χ4n) is 4.86. The number of thiophene rings is 1. The standard InChI is InChI=1S/C21H23N7OS.C2H6/c29-6-5-27-12-16(11-24-27)14-1-2-17-8-21(17)20(23-10-14)25-26-28(21)13-18-7-15-9-22-4-3-19(15)30-18;1-2/h3-4,7,9-12,17,20,23,29H,1-2,5-6,8,13H2;1-2H3/b14-10+;. The molecule has 2 N–H and O–H groups in total. The molecule has 0 bridgehead atoms. The normalized spacial score (nSPS) is 27.3. The molecule has 0 saturated heterocycles. The number of fused-ring (bicyclic) bond motifs is 1. The van der Waals surface area contributed by atoms with E-state index in [0.717, 1.165) is 31.4 Å². The van der Waals surface area contributed by atoms with Gasteiger partial charge >= 0.3 is 0 Å². The van der Waals surface area contributed by atoms with Crippen molar-refractivity contribution in [2.24, 2.45) is 16.3 Å². The Kier molecular flexibility index (Phi) is 5.69. The molecular weight excluding hydrogens is 422 g/mol. The van der Waals surface area contributed by atoms with E-state index in [1.165, 1.54) is 20.5 Å². The van der Waals surface area contributed by atoms with Gasteiger partial charge < -0.3 is 10.4 Å². The zero-order valence-electron chi connectivity index (χ0n) is 18.5. The Balaban J connectivity index is 0.00000105. The van der Waals surface area contributed by atoms with Crippen LogP contribution in [0.25, 0.3) is 15.7 Å². The molecule has 5 heterocycles. The van der Waals surface area contributed by atoms with Gasteiger partial charge in [-0.2, -0.15) is 5.10 Å². The Morgan fingerprint density at radius 2 is 2.22 bits per heavy atom. The molecule has 0 amide bonds. The van der Waals surface area contributed by atoms with E-state index in [-0.39, 0.29) is 18.3 Å². The Morgan fingerprint density at radius 1 is 1.31 bits per heavy atom. The number of nitrogens with one attached hydrogen (secondary N) is 1. The molecule has 1 saturated carbocycles. The number of pyridine rings is 1. The van der Waals surface area contributed by atoms with Gasteiger partial charge in [-0.3, -0.25) is 14.7 Å². The molecule has 32 heavy (non-hydrogen) atoms. The second-order valence-corrected chi connectivity index (χ2v) is 9.44. The van der Waals surface area contributed by atoms with Crippen LogP contribution in [0.15, 0.2) is 53.5 Å². The van der Waals surface area contributed by atoms with Crippen molar-refractivity contribution in [1.29, 1.82) is 0 Å². The Hall–Kier alpha value is -2.78. The number of aliphatic hydroxyl groups is 1. The van der Waals surface area contributed by atoms with Crippen molar-refractivity contribution in [3.8, 4) is 0 Å². The summed E-state index contributed by atoms with van der Waals surface area (Å²) in [6.07, 6.45) is 13.0. The van der Waals surface area contributed by atoms with Gasteiger partial charge in [0.15, 0.2) is 6.17 Å². The highest BCUT2D eigenvalue weighted by molar-refractivity contribution is 7.19. The van der Waals surface area contributed by atoms with E-state index in [4.69, 9.17) is 5.11 Å². The minimum absolute atomic E-state index is 0.00246. The number of allylic oxidation sites excluding steroid dienone is 1. The Bertz CT molecular complexity index is 1120. The molecule has 1 fully saturated rings. The van der Waals surface area contributed by atoms with Crippen molar-refractivity contribution in [2.75, 3.05) is 6.61 Å². The maximum atomic E-state index is 9.12. The van der Waals surface area contributed by atoms with Crippen LogP contribution in [-0.4, -0.2) is 43.2 Å². The second-order valence-electron chi connectivity index (χ2n) is 8.27. The van der Waals surface area contributed by atoms with Gasteiger partial charge in [0.05, 0.1) is 25.9 Å². The summed E-state index contributed by atoms with van der Waals surface area (Å²) in [6.45, 7) is 5.41. The first-order valence-corrected chi connectivity index (χ1v) is 12.2. The van der Waals surface area contributed by atoms with Crippen molar-refractivity contribution >= 4 is 27.0 Å². The summed E-state index contributed by atoms with van der Waals surface area (Å²) in [7, 11) is 0. The summed E-state index contributed by atoms with van der Waals surface area (Å²) >= 11 is 1.81. The lowest BCUT2D eigenvalue weighted by atomic mass is 9.98. The number of hydrogen-bond acceptors (Lipinski definition) is 8. The molecule has 3 aliphatic rings. The highest BCUT2D eigenvalue weighted by Gasteiger charge is 2.66. The van der Waals surface area contributed by atoms with Gasteiger partial charge in [0, 0.05) is 45.3 Å². The van der Waals surface area contributed by atoms with Crippen LogP contribution in [0.2, 0.25) is 0 Å². The summed E-state index contributed by atoms with van der Waals surface area (Å²) < 4.78 is 3.05. The van der Waals surface area contributed by atoms with Crippen molar-refractivity contribution in [2.45, 2.75) is 57.9 Å². The molecule has 9 heteroatoms. The molecular formula is C23H29N7OS. The molecule has 8 nitrogen and oxygen atoms in total. The fourth-order valence-corrected chi connectivity index (χ4v) is 5.88. The van der Waals surface area contributed by atoms with Crippen LogP contribution in [0.5, 0.6) is 0 Å². The topological polar surface area (TPSA) is 90.9 Å². The summed E-state index contributed by atoms with van der Waals surface area (Å²) in [4.78, 5) is 5.53. The largest absolute Gasteiger partial charge is 0.394 e. The molecule has 2 aliphatic heterocycles. The molecule has 0 radical (unpaired) electrons. The van der Waals surface area contributed by atoms with Crippen molar-refractivity contribution in [1.82, 2.24) is 25.1 Å². The molecule has 168 valence electrons. The van der Waals surface area contributed by atoms with Crippen LogP contribution < -0.4 is 5.32 Å². The average molecular weight is 452 g/mol. The minimum Gasteiger partial charge on any atom is -0.394 e. The zero-order chi connectivity index (χ0) is 22.1. The molecule has 3 aromatic heterocycles. The zero-order valence-corrected chi connectivity index (χ0v) is 19.3. The van der Waals surface area contributed by atoms with E-state index in [1.807, 2.05) is 50.0 Å². The Labute approximate surface area is 191 Å². The molecule has 0 aromatic carbocycles. The molecule has 3 unspecified atom stereocenters. The highest BCUT2D eigenvalue weighted by Crippen LogP contribution is 2.58. The number of rotatable bonds is 5. The lowest BCUT2D eigenvalue weighted by molar-refractivity contribution is 0.167. The monoisotopic (exact) mass is 451 g/mol. The predicted molar refractivity (Wildman–Crippen MR) is 126 cm³/mol.